The van der Waals surface area contributed by atoms with Crippen LogP contribution in [0.4, 0.5) is 0 Å². The topological polar surface area (TPSA) is 12.0 Å². The van der Waals surface area contributed by atoms with E-state index in [4.69, 9.17) is 0 Å². The molecule has 13 heavy (non-hydrogen) atoms. The van der Waals surface area contributed by atoms with Crippen molar-refractivity contribution in [3.05, 3.63) is 22.4 Å². The van der Waals surface area contributed by atoms with E-state index in [1.54, 1.807) is 4.88 Å². The Morgan fingerprint density at radius 2 is 2.31 bits per heavy atom. The van der Waals surface area contributed by atoms with Crippen molar-refractivity contribution in [2.75, 3.05) is 13.6 Å². The lowest BCUT2D eigenvalue weighted by Gasteiger charge is -2.36. The average Bonchev–Trinajstić information content (AvgIpc) is 2.61. The zero-order valence-electron chi connectivity index (χ0n) is 8.12. The molecule has 1 aliphatic carbocycles. The second kappa shape index (κ2) is 4.25. The van der Waals surface area contributed by atoms with Crippen LogP contribution in [0.2, 0.25) is 0 Å². The maximum Gasteiger partial charge on any atom is 0.00480 e. The predicted octanol–water partition coefficient (Wildman–Crippen LogP) is 2.54. The summed E-state index contributed by atoms with van der Waals surface area (Å²) in [4.78, 5) is 1.56. The van der Waals surface area contributed by atoms with Crippen LogP contribution in [0.3, 0.4) is 0 Å². The molecule has 2 rings (SSSR count). The Balaban J connectivity index is 1.82. The molecular formula is C11H17NS. The molecule has 0 radical (unpaired) electrons. The summed E-state index contributed by atoms with van der Waals surface area (Å²) in [6.45, 7) is 1.20. The lowest BCUT2D eigenvalue weighted by Crippen LogP contribution is -2.34. The highest BCUT2D eigenvalue weighted by Gasteiger charge is 2.29. The van der Waals surface area contributed by atoms with Gasteiger partial charge in [-0.1, -0.05) is 6.07 Å². The molecule has 0 bridgehead atoms. The fraction of sp³-hybridized carbons (Fsp3) is 0.636. The van der Waals surface area contributed by atoms with Crippen molar-refractivity contribution >= 4 is 11.3 Å². The molecular weight excluding hydrogens is 178 g/mol. The molecule has 1 heterocycles. The van der Waals surface area contributed by atoms with Crippen molar-refractivity contribution in [3.8, 4) is 0 Å². The van der Waals surface area contributed by atoms with Crippen molar-refractivity contribution < 1.29 is 0 Å². The van der Waals surface area contributed by atoms with Gasteiger partial charge in [0.2, 0.25) is 0 Å². The maximum absolute atomic E-state index is 3.28. The van der Waals surface area contributed by atoms with Gasteiger partial charge in [0, 0.05) is 4.88 Å². The zero-order valence-corrected chi connectivity index (χ0v) is 8.94. The first-order valence-electron chi connectivity index (χ1n) is 5.07. The molecule has 1 aliphatic rings. The number of hydrogen-bond donors (Lipinski definition) is 1. The molecule has 1 N–H and O–H groups in total. The average molecular weight is 195 g/mol. The Bertz CT molecular complexity index is 243. The van der Waals surface area contributed by atoms with Crippen LogP contribution in [0.1, 0.15) is 17.7 Å². The molecule has 72 valence electrons. The van der Waals surface area contributed by atoms with E-state index in [-0.39, 0.29) is 0 Å². The molecule has 1 aromatic rings. The number of rotatable bonds is 4. The third-order valence-corrected chi connectivity index (χ3v) is 3.98. The summed E-state index contributed by atoms with van der Waals surface area (Å²) < 4.78 is 0. The minimum absolute atomic E-state index is 0.937. The normalized spacial score (nSPS) is 27.2. The third-order valence-electron chi connectivity index (χ3n) is 3.08. The second-order valence-electron chi connectivity index (χ2n) is 3.94. The van der Waals surface area contributed by atoms with Crippen LogP contribution in [0.5, 0.6) is 0 Å². The van der Waals surface area contributed by atoms with Gasteiger partial charge < -0.3 is 5.32 Å². The standard InChI is InChI=1S/C11H17NS/c1-12-8-10-5-4-9(10)7-11-3-2-6-13-11/h2-3,6,9-10,12H,4-5,7-8H2,1H3. The molecule has 0 saturated heterocycles. The Kier molecular flexibility index (Phi) is 3.01. The van der Waals surface area contributed by atoms with E-state index in [0.717, 1.165) is 11.8 Å². The van der Waals surface area contributed by atoms with Gasteiger partial charge in [-0.25, -0.2) is 0 Å². The predicted molar refractivity (Wildman–Crippen MR) is 58.2 cm³/mol. The van der Waals surface area contributed by atoms with Crippen LogP contribution in [-0.2, 0) is 6.42 Å². The molecule has 0 spiro atoms. The van der Waals surface area contributed by atoms with E-state index >= 15 is 0 Å². The Morgan fingerprint density at radius 1 is 1.46 bits per heavy atom. The Morgan fingerprint density at radius 3 is 2.85 bits per heavy atom. The molecule has 0 aromatic carbocycles. The largest absolute Gasteiger partial charge is 0.319 e. The lowest BCUT2D eigenvalue weighted by atomic mass is 9.71. The first kappa shape index (κ1) is 9.22. The summed E-state index contributed by atoms with van der Waals surface area (Å²) in [7, 11) is 2.06. The van der Waals surface area contributed by atoms with Crippen LogP contribution in [0, 0.1) is 11.8 Å². The number of hydrogen-bond acceptors (Lipinski definition) is 2. The van der Waals surface area contributed by atoms with Crippen LogP contribution in [0.25, 0.3) is 0 Å². The highest BCUT2D eigenvalue weighted by Crippen LogP contribution is 2.36. The molecule has 1 aromatic heterocycles. The SMILES string of the molecule is CNCC1CCC1Cc1cccs1. The van der Waals surface area contributed by atoms with Gasteiger partial charge >= 0.3 is 0 Å². The van der Waals surface area contributed by atoms with Gasteiger partial charge in [-0.2, -0.15) is 0 Å². The van der Waals surface area contributed by atoms with Gasteiger partial charge in [0.05, 0.1) is 0 Å². The Labute approximate surface area is 84.2 Å². The molecule has 2 heteroatoms. The van der Waals surface area contributed by atoms with E-state index in [2.05, 4.69) is 29.9 Å². The van der Waals surface area contributed by atoms with Crippen LogP contribution in [-0.4, -0.2) is 13.6 Å². The van der Waals surface area contributed by atoms with E-state index in [0.29, 0.717) is 0 Å². The van der Waals surface area contributed by atoms with E-state index in [1.165, 1.54) is 25.8 Å². The molecule has 2 unspecified atom stereocenters. The molecule has 1 fully saturated rings. The van der Waals surface area contributed by atoms with Gasteiger partial charge in [-0.15, -0.1) is 11.3 Å². The minimum atomic E-state index is 0.937. The van der Waals surface area contributed by atoms with Crippen LogP contribution < -0.4 is 5.32 Å². The fourth-order valence-corrected chi connectivity index (χ4v) is 2.92. The van der Waals surface area contributed by atoms with Crippen LogP contribution in [0.15, 0.2) is 17.5 Å². The van der Waals surface area contributed by atoms with E-state index in [9.17, 15) is 0 Å². The lowest BCUT2D eigenvalue weighted by molar-refractivity contribution is 0.175. The highest BCUT2D eigenvalue weighted by atomic mass is 32.1. The first-order chi connectivity index (χ1) is 6.40. The summed E-state index contributed by atoms with van der Waals surface area (Å²) in [5, 5.41) is 5.46. The Hall–Kier alpha value is -0.340. The number of nitrogens with one attached hydrogen (secondary N) is 1. The molecule has 2 atom stereocenters. The van der Waals surface area contributed by atoms with Crippen molar-refractivity contribution in [3.63, 3.8) is 0 Å². The summed E-state index contributed by atoms with van der Waals surface area (Å²) in [6.07, 6.45) is 4.17. The molecule has 1 saturated carbocycles. The maximum atomic E-state index is 3.28. The molecule has 0 aliphatic heterocycles. The second-order valence-corrected chi connectivity index (χ2v) is 4.97. The molecule has 0 amide bonds. The third kappa shape index (κ3) is 2.12. The van der Waals surface area contributed by atoms with Gasteiger partial charge in [0.15, 0.2) is 0 Å². The van der Waals surface area contributed by atoms with Crippen LogP contribution >= 0.6 is 11.3 Å². The quantitative estimate of drug-likeness (QED) is 0.778. The zero-order chi connectivity index (χ0) is 9.10. The van der Waals surface area contributed by atoms with Gasteiger partial charge in [-0.3, -0.25) is 0 Å². The first-order valence-corrected chi connectivity index (χ1v) is 5.95. The fourth-order valence-electron chi connectivity index (χ4n) is 2.12. The number of thiophene rings is 1. The summed E-state index contributed by atoms with van der Waals surface area (Å²) in [5.74, 6) is 1.89. The molecule has 1 nitrogen and oxygen atoms in total. The van der Waals surface area contributed by atoms with E-state index < -0.39 is 0 Å². The summed E-state index contributed by atoms with van der Waals surface area (Å²) in [6, 6.07) is 4.42. The van der Waals surface area contributed by atoms with Crippen molar-refractivity contribution in [2.24, 2.45) is 11.8 Å². The van der Waals surface area contributed by atoms with Gasteiger partial charge in [-0.05, 0) is 56.1 Å². The van der Waals surface area contributed by atoms with Gasteiger partial charge in [0.25, 0.3) is 0 Å². The van der Waals surface area contributed by atoms with Crippen molar-refractivity contribution in [2.45, 2.75) is 19.3 Å². The summed E-state index contributed by atoms with van der Waals surface area (Å²) >= 11 is 1.90. The van der Waals surface area contributed by atoms with Crippen molar-refractivity contribution in [1.29, 1.82) is 0 Å². The monoisotopic (exact) mass is 195 g/mol. The van der Waals surface area contributed by atoms with Gasteiger partial charge in [0.1, 0.15) is 0 Å². The van der Waals surface area contributed by atoms with E-state index in [1.807, 2.05) is 11.3 Å². The minimum Gasteiger partial charge on any atom is -0.319 e. The highest BCUT2D eigenvalue weighted by molar-refractivity contribution is 7.09. The smallest absolute Gasteiger partial charge is 0.00480 e. The summed E-state index contributed by atoms with van der Waals surface area (Å²) in [5.41, 5.74) is 0. The van der Waals surface area contributed by atoms with Crippen molar-refractivity contribution in [1.82, 2.24) is 5.32 Å².